The molecule has 1 fully saturated rings. The quantitative estimate of drug-likeness (QED) is 0.780. The number of carbonyl (C=O) groups excluding carboxylic acids is 1. The minimum Gasteiger partial charge on any atom is -0.372 e. The topological polar surface area (TPSA) is 41.6 Å². The van der Waals surface area contributed by atoms with Crippen molar-refractivity contribution in [1.82, 2.24) is 10.2 Å². The highest BCUT2D eigenvalue weighted by molar-refractivity contribution is 5.85. The molecule has 1 saturated heterocycles. The van der Waals surface area contributed by atoms with E-state index in [-0.39, 0.29) is 24.4 Å². The molecule has 1 aliphatic rings. The van der Waals surface area contributed by atoms with Crippen molar-refractivity contribution in [3.63, 3.8) is 0 Å². The summed E-state index contributed by atoms with van der Waals surface area (Å²) >= 11 is 0. The molecule has 90 valence electrons. The maximum Gasteiger partial charge on any atom is 0.251 e. The fourth-order valence-electron chi connectivity index (χ4n) is 1.84. The summed E-state index contributed by atoms with van der Waals surface area (Å²) in [6, 6.07) is 0.452. The van der Waals surface area contributed by atoms with E-state index in [2.05, 4.69) is 5.32 Å². The van der Waals surface area contributed by atoms with Crippen LogP contribution < -0.4 is 5.32 Å². The lowest BCUT2D eigenvalue weighted by atomic mass is 10.2. The highest BCUT2D eigenvalue weighted by atomic mass is 35.5. The molecule has 5 heteroatoms. The third-order valence-corrected chi connectivity index (χ3v) is 2.84. The van der Waals surface area contributed by atoms with Crippen molar-refractivity contribution < 1.29 is 9.53 Å². The Hall–Kier alpha value is -0.320. The van der Waals surface area contributed by atoms with Gasteiger partial charge in [0.2, 0.25) is 0 Å². The zero-order valence-corrected chi connectivity index (χ0v) is 10.5. The number of rotatable bonds is 4. The number of halogens is 1. The van der Waals surface area contributed by atoms with Crippen LogP contribution in [0.15, 0.2) is 0 Å². The standard InChI is InChI=1S/C10H20N2O2.ClH/c1-4-9(14-3)10(13)12-6-5-8(7-12)11-2;/h8-9,11H,4-7H2,1-3H3;1H. The Morgan fingerprint density at radius 2 is 2.33 bits per heavy atom. The van der Waals surface area contributed by atoms with Crippen LogP contribution in [-0.2, 0) is 9.53 Å². The van der Waals surface area contributed by atoms with Crippen LogP contribution in [0.5, 0.6) is 0 Å². The van der Waals surface area contributed by atoms with Crippen molar-refractivity contribution in [3.8, 4) is 0 Å². The van der Waals surface area contributed by atoms with E-state index < -0.39 is 0 Å². The van der Waals surface area contributed by atoms with Crippen LogP contribution in [-0.4, -0.2) is 50.2 Å². The summed E-state index contributed by atoms with van der Waals surface area (Å²) in [5.41, 5.74) is 0. The number of ether oxygens (including phenoxy) is 1. The molecule has 0 radical (unpaired) electrons. The van der Waals surface area contributed by atoms with Crippen LogP contribution in [0.1, 0.15) is 19.8 Å². The summed E-state index contributed by atoms with van der Waals surface area (Å²) in [6.07, 6.45) is 1.53. The lowest BCUT2D eigenvalue weighted by Crippen LogP contribution is -2.40. The van der Waals surface area contributed by atoms with Crippen molar-refractivity contribution in [1.29, 1.82) is 0 Å². The molecule has 0 spiro atoms. The van der Waals surface area contributed by atoms with Gasteiger partial charge in [-0.25, -0.2) is 0 Å². The molecule has 0 bridgehead atoms. The molecule has 2 unspecified atom stereocenters. The maximum absolute atomic E-state index is 11.8. The number of likely N-dealkylation sites (tertiary alicyclic amines) is 1. The van der Waals surface area contributed by atoms with E-state index in [9.17, 15) is 4.79 Å². The molecular formula is C10H21ClN2O2. The first-order valence-corrected chi connectivity index (χ1v) is 5.21. The first-order valence-electron chi connectivity index (χ1n) is 5.21. The SMILES string of the molecule is CCC(OC)C(=O)N1CCC(NC)C1.Cl. The maximum atomic E-state index is 11.8. The molecule has 0 aromatic carbocycles. The Morgan fingerprint density at radius 3 is 2.73 bits per heavy atom. The van der Waals surface area contributed by atoms with Gasteiger partial charge in [-0.15, -0.1) is 12.4 Å². The Balaban J connectivity index is 0.00000196. The van der Waals surface area contributed by atoms with Gasteiger partial charge in [-0.1, -0.05) is 6.92 Å². The highest BCUT2D eigenvalue weighted by Gasteiger charge is 2.29. The number of hydrogen-bond acceptors (Lipinski definition) is 3. The minimum absolute atomic E-state index is 0. The predicted octanol–water partition coefficient (Wildman–Crippen LogP) is 0.654. The van der Waals surface area contributed by atoms with Gasteiger partial charge in [0.15, 0.2) is 0 Å². The van der Waals surface area contributed by atoms with Crippen molar-refractivity contribution in [2.75, 3.05) is 27.2 Å². The number of carbonyl (C=O) groups is 1. The zero-order chi connectivity index (χ0) is 10.6. The average Bonchev–Trinajstić information content (AvgIpc) is 2.67. The molecule has 1 heterocycles. The Kier molecular flexibility index (Phi) is 6.89. The molecule has 2 atom stereocenters. The molecule has 4 nitrogen and oxygen atoms in total. The summed E-state index contributed by atoms with van der Waals surface area (Å²) in [6.45, 7) is 3.64. The number of hydrogen-bond donors (Lipinski definition) is 1. The van der Waals surface area contributed by atoms with Crippen molar-refractivity contribution in [2.45, 2.75) is 31.9 Å². The third-order valence-electron chi connectivity index (χ3n) is 2.84. The van der Waals surface area contributed by atoms with Gasteiger partial charge in [-0.2, -0.15) is 0 Å². The van der Waals surface area contributed by atoms with Gasteiger partial charge >= 0.3 is 0 Å². The van der Waals surface area contributed by atoms with Gasteiger partial charge in [0, 0.05) is 26.2 Å². The third kappa shape index (κ3) is 3.63. The number of amides is 1. The molecular weight excluding hydrogens is 216 g/mol. The van der Waals surface area contributed by atoms with Crippen molar-refractivity contribution in [3.05, 3.63) is 0 Å². The largest absolute Gasteiger partial charge is 0.372 e. The average molecular weight is 237 g/mol. The van der Waals surface area contributed by atoms with E-state index in [4.69, 9.17) is 4.74 Å². The zero-order valence-electron chi connectivity index (χ0n) is 9.66. The van der Waals surface area contributed by atoms with E-state index in [1.807, 2.05) is 18.9 Å². The Bertz CT molecular complexity index is 198. The number of nitrogens with zero attached hydrogens (tertiary/aromatic N) is 1. The van der Waals surface area contributed by atoms with E-state index >= 15 is 0 Å². The second-order valence-electron chi connectivity index (χ2n) is 3.69. The Morgan fingerprint density at radius 1 is 1.67 bits per heavy atom. The van der Waals surface area contributed by atoms with Gasteiger partial charge in [0.1, 0.15) is 6.10 Å². The molecule has 0 aromatic rings. The van der Waals surface area contributed by atoms with E-state index in [1.54, 1.807) is 7.11 Å². The summed E-state index contributed by atoms with van der Waals surface area (Å²) < 4.78 is 5.13. The molecule has 1 amide bonds. The lowest BCUT2D eigenvalue weighted by Gasteiger charge is -2.21. The molecule has 0 saturated carbocycles. The van der Waals surface area contributed by atoms with Gasteiger partial charge in [0.25, 0.3) is 5.91 Å². The van der Waals surface area contributed by atoms with Crippen molar-refractivity contribution in [2.24, 2.45) is 0 Å². The van der Waals surface area contributed by atoms with Gasteiger partial charge in [-0.3, -0.25) is 4.79 Å². The number of nitrogens with one attached hydrogen (secondary N) is 1. The fraction of sp³-hybridized carbons (Fsp3) is 0.900. The molecule has 1 rings (SSSR count). The molecule has 0 aromatic heterocycles. The fourth-order valence-corrected chi connectivity index (χ4v) is 1.84. The Labute approximate surface area is 97.8 Å². The van der Waals surface area contributed by atoms with E-state index in [0.29, 0.717) is 6.04 Å². The summed E-state index contributed by atoms with van der Waals surface area (Å²) in [4.78, 5) is 13.7. The minimum atomic E-state index is -0.259. The first kappa shape index (κ1) is 14.7. The van der Waals surface area contributed by atoms with Gasteiger partial charge < -0.3 is 15.0 Å². The smallest absolute Gasteiger partial charge is 0.251 e. The molecule has 0 aliphatic carbocycles. The first-order chi connectivity index (χ1) is 6.72. The van der Waals surface area contributed by atoms with Crippen LogP contribution in [0.4, 0.5) is 0 Å². The normalized spacial score (nSPS) is 22.3. The number of methoxy groups -OCH3 is 1. The highest BCUT2D eigenvalue weighted by Crippen LogP contribution is 2.12. The van der Waals surface area contributed by atoms with Crippen LogP contribution in [0.25, 0.3) is 0 Å². The molecule has 15 heavy (non-hydrogen) atoms. The summed E-state index contributed by atoms with van der Waals surface area (Å²) in [7, 11) is 3.53. The van der Waals surface area contributed by atoms with Gasteiger partial charge in [-0.05, 0) is 19.9 Å². The second kappa shape index (κ2) is 7.04. The predicted molar refractivity (Wildman–Crippen MR) is 62.4 cm³/mol. The molecule has 1 aliphatic heterocycles. The molecule has 1 N–H and O–H groups in total. The van der Waals surface area contributed by atoms with Crippen LogP contribution in [0, 0.1) is 0 Å². The van der Waals surface area contributed by atoms with Crippen molar-refractivity contribution >= 4 is 18.3 Å². The van der Waals surface area contributed by atoms with Crippen LogP contribution in [0.3, 0.4) is 0 Å². The monoisotopic (exact) mass is 236 g/mol. The van der Waals surface area contributed by atoms with E-state index in [0.717, 1.165) is 25.9 Å². The number of likely N-dealkylation sites (N-methyl/N-ethyl adjacent to an activating group) is 1. The van der Waals surface area contributed by atoms with E-state index in [1.165, 1.54) is 0 Å². The van der Waals surface area contributed by atoms with Crippen LogP contribution in [0.2, 0.25) is 0 Å². The van der Waals surface area contributed by atoms with Gasteiger partial charge in [0.05, 0.1) is 0 Å². The van der Waals surface area contributed by atoms with Crippen LogP contribution >= 0.6 is 12.4 Å². The second-order valence-corrected chi connectivity index (χ2v) is 3.69. The summed E-state index contributed by atoms with van der Waals surface area (Å²) in [5.74, 6) is 0.132. The lowest BCUT2D eigenvalue weighted by molar-refractivity contribution is -0.141. The summed E-state index contributed by atoms with van der Waals surface area (Å²) in [5, 5.41) is 3.19.